The van der Waals surface area contributed by atoms with Crippen LogP contribution in [0.15, 0.2) is 72.9 Å². The van der Waals surface area contributed by atoms with Gasteiger partial charge in [-0.05, 0) is 43.2 Å². The Kier molecular flexibility index (Phi) is 4.81. The summed E-state index contributed by atoms with van der Waals surface area (Å²) in [6.45, 7) is 3.97. The van der Waals surface area contributed by atoms with Gasteiger partial charge in [-0.1, -0.05) is 48.5 Å². The van der Waals surface area contributed by atoms with Crippen molar-refractivity contribution in [2.45, 2.75) is 13.8 Å². The van der Waals surface area contributed by atoms with Gasteiger partial charge in [0.1, 0.15) is 22.9 Å². The van der Waals surface area contributed by atoms with Crippen molar-refractivity contribution in [1.29, 1.82) is 0 Å². The molecule has 0 saturated heterocycles. The number of carbonyl (C=O) groups is 1. The molecule has 0 spiro atoms. The second-order valence-electron chi connectivity index (χ2n) is 6.71. The molecule has 0 unspecified atom stereocenters. The Morgan fingerprint density at radius 3 is 2.54 bits per heavy atom. The predicted octanol–water partition coefficient (Wildman–Crippen LogP) is 4.64. The number of nitrogens with zero attached hydrogens (tertiary/aromatic N) is 2. The maximum atomic E-state index is 12.6. The lowest BCUT2D eigenvalue weighted by Crippen LogP contribution is -2.21. The van der Waals surface area contributed by atoms with Crippen molar-refractivity contribution in [3.05, 3.63) is 84.1 Å². The van der Waals surface area contributed by atoms with Gasteiger partial charge in [0.05, 0.1) is 0 Å². The van der Waals surface area contributed by atoms with Crippen molar-refractivity contribution < 1.29 is 9.53 Å². The zero-order valence-corrected chi connectivity index (χ0v) is 15.8. The number of hydrogen-bond acceptors (Lipinski definition) is 3. The Balaban J connectivity index is 1.68. The van der Waals surface area contributed by atoms with Crippen LogP contribution in [0.5, 0.6) is 5.75 Å². The monoisotopic (exact) mass is 371 g/mol. The lowest BCUT2D eigenvalue weighted by atomic mass is 10.1. The van der Waals surface area contributed by atoms with Gasteiger partial charge < -0.3 is 10.1 Å². The fourth-order valence-corrected chi connectivity index (χ4v) is 3.13. The van der Waals surface area contributed by atoms with E-state index < -0.39 is 0 Å². The largest absolute Gasteiger partial charge is 0.484 e. The van der Waals surface area contributed by atoms with Crippen molar-refractivity contribution in [3.63, 3.8) is 0 Å². The molecule has 2 aromatic carbocycles. The summed E-state index contributed by atoms with van der Waals surface area (Å²) in [7, 11) is 0. The fourth-order valence-electron chi connectivity index (χ4n) is 3.13. The highest BCUT2D eigenvalue weighted by Gasteiger charge is 2.18. The number of aromatic nitrogens is 2. The Morgan fingerprint density at radius 2 is 1.75 bits per heavy atom. The number of carbonyl (C=O) groups excluding carboxylic acids is 1. The maximum absolute atomic E-state index is 12.6. The van der Waals surface area contributed by atoms with E-state index in [2.05, 4.69) is 5.32 Å². The number of ether oxygens (including phenoxy) is 1. The van der Waals surface area contributed by atoms with Gasteiger partial charge in [-0.25, -0.2) is 4.98 Å². The van der Waals surface area contributed by atoms with E-state index in [1.54, 1.807) is 0 Å². The minimum atomic E-state index is -0.234. The number of rotatable bonds is 5. The van der Waals surface area contributed by atoms with E-state index in [4.69, 9.17) is 9.72 Å². The highest BCUT2D eigenvalue weighted by Crippen LogP contribution is 2.31. The summed E-state index contributed by atoms with van der Waals surface area (Å²) in [5, 5.41) is 2.99. The van der Waals surface area contributed by atoms with Gasteiger partial charge in [-0.3, -0.25) is 9.20 Å². The first-order chi connectivity index (χ1) is 13.6. The number of pyridine rings is 1. The van der Waals surface area contributed by atoms with Crippen molar-refractivity contribution in [2.75, 3.05) is 11.9 Å². The molecule has 5 nitrogen and oxygen atoms in total. The molecule has 1 amide bonds. The number of anilines is 1. The highest BCUT2D eigenvalue weighted by atomic mass is 16.5. The Labute approximate surface area is 163 Å². The first kappa shape index (κ1) is 17.8. The first-order valence-corrected chi connectivity index (χ1v) is 9.14. The average molecular weight is 371 g/mol. The maximum Gasteiger partial charge on any atom is 0.263 e. The summed E-state index contributed by atoms with van der Waals surface area (Å²) >= 11 is 0. The minimum absolute atomic E-state index is 0.0731. The molecule has 2 heterocycles. The van der Waals surface area contributed by atoms with Gasteiger partial charge >= 0.3 is 0 Å². The van der Waals surface area contributed by atoms with Crippen LogP contribution in [0.2, 0.25) is 0 Å². The number of aryl methyl sites for hydroxylation is 2. The molecule has 4 rings (SSSR count). The first-order valence-electron chi connectivity index (χ1n) is 9.14. The van der Waals surface area contributed by atoms with Crippen LogP contribution in [0.4, 0.5) is 5.82 Å². The number of para-hydroxylation sites is 1. The second-order valence-corrected chi connectivity index (χ2v) is 6.71. The molecule has 4 aromatic rings. The van der Waals surface area contributed by atoms with Crippen LogP contribution in [-0.4, -0.2) is 21.9 Å². The van der Waals surface area contributed by atoms with E-state index in [-0.39, 0.29) is 12.5 Å². The summed E-state index contributed by atoms with van der Waals surface area (Å²) in [5.74, 6) is 1.07. The Morgan fingerprint density at radius 1 is 1.00 bits per heavy atom. The normalized spacial score (nSPS) is 10.8. The molecule has 0 bridgehead atoms. The van der Waals surface area contributed by atoms with Crippen LogP contribution in [0, 0.1) is 13.8 Å². The van der Waals surface area contributed by atoms with E-state index in [1.807, 2.05) is 91.2 Å². The smallest absolute Gasteiger partial charge is 0.263 e. The van der Waals surface area contributed by atoms with E-state index >= 15 is 0 Å². The van der Waals surface area contributed by atoms with Crippen LogP contribution < -0.4 is 10.1 Å². The molecule has 0 radical (unpaired) electrons. The zero-order chi connectivity index (χ0) is 19.5. The molecule has 140 valence electrons. The minimum Gasteiger partial charge on any atom is -0.484 e. The van der Waals surface area contributed by atoms with Gasteiger partial charge in [-0.2, -0.15) is 0 Å². The van der Waals surface area contributed by atoms with Crippen LogP contribution in [0.25, 0.3) is 16.9 Å². The van der Waals surface area contributed by atoms with Gasteiger partial charge in [-0.15, -0.1) is 0 Å². The van der Waals surface area contributed by atoms with Crippen molar-refractivity contribution >= 4 is 17.4 Å². The van der Waals surface area contributed by atoms with Crippen LogP contribution in [0.1, 0.15) is 11.1 Å². The molecule has 28 heavy (non-hydrogen) atoms. The van der Waals surface area contributed by atoms with Gasteiger partial charge in [0.25, 0.3) is 5.91 Å². The summed E-state index contributed by atoms with van der Waals surface area (Å²) in [5.41, 5.74) is 4.69. The van der Waals surface area contributed by atoms with E-state index in [0.717, 1.165) is 28.0 Å². The van der Waals surface area contributed by atoms with Crippen LogP contribution in [0.3, 0.4) is 0 Å². The topological polar surface area (TPSA) is 55.6 Å². The lowest BCUT2D eigenvalue weighted by molar-refractivity contribution is -0.118. The van der Waals surface area contributed by atoms with E-state index in [0.29, 0.717) is 11.6 Å². The van der Waals surface area contributed by atoms with Gasteiger partial charge in [0, 0.05) is 11.8 Å². The standard InChI is InChI=1S/C23H21N3O2/c1-16-12-13-20-24-22(19-11-7-6-8-17(19)2)23(26(20)14-16)25-21(27)15-28-18-9-4-3-5-10-18/h3-14H,15H2,1-2H3,(H,25,27). The van der Waals surface area contributed by atoms with Gasteiger partial charge in [0.2, 0.25) is 0 Å². The molecule has 1 N–H and O–H groups in total. The number of imidazole rings is 1. The third kappa shape index (κ3) is 3.60. The van der Waals surface area contributed by atoms with E-state index in [9.17, 15) is 4.79 Å². The van der Waals surface area contributed by atoms with Crippen molar-refractivity contribution in [3.8, 4) is 17.0 Å². The quantitative estimate of drug-likeness (QED) is 0.556. The third-order valence-corrected chi connectivity index (χ3v) is 4.54. The molecule has 5 heteroatoms. The Bertz CT molecular complexity index is 1130. The van der Waals surface area contributed by atoms with Crippen molar-refractivity contribution in [2.24, 2.45) is 0 Å². The van der Waals surface area contributed by atoms with Crippen molar-refractivity contribution in [1.82, 2.24) is 9.38 Å². The summed E-state index contributed by atoms with van der Waals surface area (Å²) in [6.07, 6.45) is 1.97. The molecule has 0 saturated carbocycles. The number of nitrogens with one attached hydrogen (secondary N) is 1. The fraction of sp³-hybridized carbons (Fsp3) is 0.130. The predicted molar refractivity (Wildman–Crippen MR) is 111 cm³/mol. The van der Waals surface area contributed by atoms with E-state index in [1.165, 1.54) is 0 Å². The molecular formula is C23H21N3O2. The molecule has 0 aliphatic heterocycles. The molecule has 0 fully saturated rings. The molecule has 0 atom stereocenters. The number of fused-ring (bicyclic) bond motifs is 1. The highest BCUT2D eigenvalue weighted by molar-refractivity contribution is 5.95. The zero-order valence-electron chi connectivity index (χ0n) is 15.8. The molecule has 0 aliphatic carbocycles. The van der Waals surface area contributed by atoms with Gasteiger partial charge in [0.15, 0.2) is 6.61 Å². The number of benzene rings is 2. The third-order valence-electron chi connectivity index (χ3n) is 4.54. The molecule has 0 aliphatic rings. The number of hydrogen-bond donors (Lipinski definition) is 1. The number of amides is 1. The van der Waals surface area contributed by atoms with Crippen LogP contribution in [-0.2, 0) is 4.79 Å². The summed E-state index contributed by atoms with van der Waals surface area (Å²) < 4.78 is 7.49. The average Bonchev–Trinajstić information content (AvgIpc) is 3.05. The molecule has 2 aromatic heterocycles. The Hall–Kier alpha value is -3.60. The molecular weight excluding hydrogens is 350 g/mol. The SMILES string of the molecule is Cc1ccc2nc(-c3ccccc3C)c(NC(=O)COc3ccccc3)n2c1. The summed E-state index contributed by atoms with van der Waals surface area (Å²) in [4.78, 5) is 17.4. The summed E-state index contributed by atoms with van der Waals surface area (Å²) in [6, 6.07) is 21.3. The second kappa shape index (κ2) is 7.56. The van der Waals surface area contributed by atoms with Crippen LogP contribution >= 0.6 is 0 Å². The lowest BCUT2D eigenvalue weighted by Gasteiger charge is -2.10.